The van der Waals surface area contributed by atoms with Crippen LogP contribution in [0.2, 0.25) is 0 Å². The van der Waals surface area contributed by atoms with Gasteiger partial charge in [0.15, 0.2) is 11.4 Å². The second kappa shape index (κ2) is 8.00. The van der Waals surface area contributed by atoms with Crippen LogP contribution < -0.4 is 4.90 Å². The standard InChI is InChI=1S/C23H18N4O3/c1-2-13-26(23(29)30)18-10-6-9-17(14-18)20-11-12-24-22-19(15-25-27(20)22)21(28)16-7-4-3-5-8-16/h2-12,14-15H,1,13H2,(H,29,30). The van der Waals surface area contributed by atoms with Crippen molar-refractivity contribution in [3.63, 3.8) is 0 Å². The highest BCUT2D eigenvalue weighted by atomic mass is 16.4. The Morgan fingerprint density at radius 3 is 2.63 bits per heavy atom. The summed E-state index contributed by atoms with van der Waals surface area (Å²) < 4.78 is 1.59. The van der Waals surface area contributed by atoms with Crippen LogP contribution in [-0.4, -0.2) is 38.1 Å². The lowest BCUT2D eigenvalue weighted by Gasteiger charge is -2.18. The summed E-state index contributed by atoms with van der Waals surface area (Å²) in [6.45, 7) is 3.78. The van der Waals surface area contributed by atoms with E-state index in [9.17, 15) is 14.7 Å². The summed E-state index contributed by atoms with van der Waals surface area (Å²) >= 11 is 0. The molecule has 0 fully saturated rings. The number of carbonyl (C=O) groups is 2. The molecule has 0 bridgehead atoms. The maximum atomic E-state index is 12.9. The van der Waals surface area contributed by atoms with E-state index in [2.05, 4.69) is 16.7 Å². The van der Waals surface area contributed by atoms with E-state index in [4.69, 9.17) is 0 Å². The number of nitrogens with zero attached hydrogens (tertiary/aromatic N) is 4. The molecule has 1 N–H and O–H groups in total. The van der Waals surface area contributed by atoms with E-state index in [1.54, 1.807) is 59.2 Å². The minimum Gasteiger partial charge on any atom is -0.465 e. The molecule has 4 rings (SSSR count). The van der Waals surface area contributed by atoms with Gasteiger partial charge in [-0.25, -0.2) is 14.3 Å². The molecule has 0 atom stereocenters. The number of hydrogen-bond donors (Lipinski definition) is 1. The number of ketones is 1. The van der Waals surface area contributed by atoms with Crippen molar-refractivity contribution < 1.29 is 14.7 Å². The summed E-state index contributed by atoms with van der Waals surface area (Å²) in [7, 11) is 0. The summed E-state index contributed by atoms with van der Waals surface area (Å²) in [5.41, 5.74) is 3.35. The second-order valence-corrected chi connectivity index (χ2v) is 6.55. The molecule has 0 spiro atoms. The van der Waals surface area contributed by atoms with E-state index in [1.807, 2.05) is 12.1 Å². The van der Waals surface area contributed by atoms with Crippen LogP contribution in [-0.2, 0) is 0 Å². The maximum Gasteiger partial charge on any atom is 0.412 e. The monoisotopic (exact) mass is 398 g/mol. The van der Waals surface area contributed by atoms with Crippen LogP contribution in [0.15, 0.2) is 85.7 Å². The van der Waals surface area contributed by atoms with Crippen molar-refractivity contribution in [2.24, 2.45) is 0 Å². The van der Waals surface area contributed by atoms with Gasteiger partial charge in [0, 0.05) is 29.6 Å². The molecule has 0 unspecified atom stereocenters. The number of aromatic nitrogens is 3. The SMILES string of the molecule is C=CCN(C(=O)O)c1cccc(-c2ccnc3c(C(=O)c4ccccc4)cnn23)c1. The highest BCUT2D eigenvalue weighted by Gasteiger charge is 2.18. The highest BCUT2D eigenvalue weighted by Crippen LogP contribution is 2.26. The molecule has 0 saturated heterocycles. The predicted octanol–water partition coefficient (Wildman–Crippen LogP) is 4.30. The lowest BCUT2D eigenvalue weighted by Crippen LogP contribution is -2.29. The molecule has 148 valence electrons. The summed E-state index contributed by atoms with van der Waals surface area (Å²) in [5.74, 6) is -0.160. The van der Waals surface area contributed by atoms with Crippen LogP contribution in [0.3, 0.4) is 0 Å². The Morgan fingerprint density at radius 2 is 1.90 bits per heavy atom. The first-order chi connectivity index (χ1) is 14.6. The first-order valence-corrected chi connectivity index (χ1v) is 9.24. The minimum atomic E-state index is -1.07. The van der Waals surface area contributed by atoms with Crippen molar-refractivity contribution in [2.75, 3.05) is 11.4 Å². The van der Waals surface area contributed by atoms with Crippen LogP contribution in [0.4, 0.5) is 10.5 Å². The van der Waals surface area contributed by atoms with Crippen molar-refractivity contribution in [3.8, 4) is 11.3 Å². The van der Waals surface area contributed by atoms with Gasteiger partial charge in [-0.15, -0.1) is 6.58 Å². The fourth-order valence-corrected chi connectivity index (χ4v) is 3.27. The molecule has 1 amide bonds. The smallest absolute Gasteiger partial charge is 0.412 e. The number of benzene rings is 2. The number of fused-ring (bicyclic) bond motifs is 1. The molecule has 2 aromatic carbocycles. The molecular weight excluding hydrogens is 380 g/mol. The van der Waals surface area contributed by atoms with Crippen molar-refractivity contribution >= 4 is 23.2 Å². The number of carbonyl (C=O) groups excluding carboxylic acids is 1. The molecule has 7 heteroatoms. The van der Waals surface area contributed by atoms with Gasteiger partial charge in [0.2, 0.25) is 0 Å². The molecular formula is C23H18N4O3. The van der Waals surface area contributed by atoms with Crippen LogP contribution in [0.25, 0.3) is 16.9 Å². The van der Waals surface area contributed by atoms with E-state index in [-0.39, 0.29) is 12.3 Å². The number of carboxylic acid groups (broad SMARTS) is 1. The molecule has 0 radical (unpaired) electrons. The zero-order valence-electron chi connectivity index (χ0n) is 16.0. The van der Waals surface area contributed by atoms with Gasteiger partial charge in [0.25, 0.3) is 0 Å². The molecule has 2 heterocycles. The average molecular weight is 398 g/mol. The average Bonchev–Trinajstić information content (AvgIpc) is 3.21. The molecule has 7 nitrogen and oxygen atoms in total. The van der Waals surface area contributed by atoms with Gasteiger partial charge in [-0.1, -0.05) is 48.5 Å². The van der Waals surface area contributed by atoms with Crippen molar-refractivity contribution in [1.29, 1.82) is 0 Å². The van der Waals surface area contributed by atoms with Crippen molar-refractivity contribution in [2.45, 2.75) is 0 Å². The summed E-state index contributed by atoms with van der Waals surface area (Å²) in [6, 6.07) is 17.8. The second-order valence-electron chi connectivity index (χ2n) is 6.55. The quantitative estimate of drug-likeness (QED) is 0.386. The lowest BCUT2D eigenvalue weighted by atomic mass is 10.1. The Balaban J connectivity index is 1.79. The zero-order valence-corrected chi connectivity index (χ0v) is 16.0. The lowest BCUT2D eigenvalue weighted by molar-refractivity contribution is 0.104. The first-order valence-electron chi connectivity index (χ1n) is 9.24. The van der Waals surface area contributed by atoms with Gasteiger partial charge < -0.3 is 5.11 Å². The molecule has 0 aliphatic carbocycles. The van der Waals surface area contributed by atoms with Gasteiger partial charge in [0.05, 0.1) is 17.5 Å². The van der Waals surface area contributed by atoms with E-state index in [0.29, 0.717) is 28.2 Å². The first kappa shape index (κ1) is 19.1. The fraction of sp³-hybridized carbons (Fsp3) is 0.0435. The summed E-state index contributed by atoms with van der Waals surface area (Å²) in [6.07, 6.45) is 3.58. The summed E-state index contributed by atoms with van der Waals surface area (Å²) in [5, 5.41) is 13.9. The largest absolute Gasteiger partial charge is 0.465 e. The molecule has 0 saturated carbocycles. The molecule has 0 aliphatic heterocycles. The zero-order chi connectivity index (χ0) is 21.1. The molecule has 0 aliphatic rings. The van der Waals surface area contributed by atoms with Gasteiger partial charge in [-0.05, 0) is 18.2 Å². The van der Waals surface area contributed by atoms with Crippen LogP contribution in [0.5, 0.6) is 0 Å². The molecule has 4 aromatic rings. The van der Waals surface area contributed by atoms with Gasteiger partial charge in [0.1, 0.15) is 0 Å². The van der Waals surface area contributed by atoms with Crippen LogP contribution in [0, 0.1) is 0 Å². The van der Waals surface area contributed by atoms with Crippen molar-refractivity contribution in [3.05, 3.63) is 96.8 Å². The van der Waals surface area contributed by atoms with E-state index >= 15 is 0 Å². The number of rotatable bonds is 6. The number of anilines is 1. The van der Waals surface area contributed by atoms with E-state index in [1.165, 1.54) is 17.2 Å². The van der Waals surface area contributed by atoms with Crippen LogP contribution in [0.1, 0.15) is 15.9 Å². The molecule has 30 heavy (non-hydrogen) atoms. The third-order valence-electron chi connectivity index (χ3n) is 4.68. The third kappa shape index (κ3) is 3.44. The predicted molar refractivity (Wildman–Crippen MR) is 114 cm³/mol. The normalized spacial score (nSPS) is 10.7. The molecule has 2 aromatic heterocycles. The highest BCUT2D eigenvalue weighted by molar-refractivity contribution is 6.12. The third-order valence-corrected chi connectivity index (χ3v) is 4.68. The van der Waals surface area contributed by atoms with Gasteiger partial charge >= 0.3 is 6.09 Å². The van der Waals surface area contributed by atoms with Gasteiger partial charge in [-0.2, -0.15) is 5.10 Å². The number of hydrogen-bond acceptors (Lipinski definition) is 4. The Kier molecular flexibility index (Phi) is 5.09. The maximum absolute atomic E-state index is 12.9. The van der Waals surface area contributed by atoms with Crippen LogP contribution >= 0.6 is 0 Å². The Bertz CT molecular complexity index is 1250. The summed E-state index contributed by atoms with van der Waals surface area (Å²) in [4.78, 5) is 30.0. The number of amides is 1. The Labute approximate surface area is 172 Å². The van der Waals surface area contributed by atoms with Gasteiger partial charge in [-0.3, -0.25) is 9.69 Å². The van der Waals surface area contributed by atoms with E-state index in [0.717, 1.165) is 5.56 Å². The fourth-order valence-electron chi connectivity index (χ4n) is 3.27. The minimum absolute atomic E-state index is 0.160. The van der Waals surface area contributed by atoms with E-state index < -0.39 is 6.09 Å². The Hall–Kier alpha value is -4.26. The Morgan fingerprint density at radius 1 is 1.10 bits per heavy atom. The van der Waals surface area contributed by atoms with Crippen molar-refractivity contribution in [1.82, 2.24) is 14.6 Å². The topological polar surface area (TPSA) is 87.8 Å².